The Bertz CT molecular complexity index is 1040. The number of rotatable bonds is 5. The van der Waals surface area contributed by atoms with E-state index in [0.717, 1.165) is 47.5 Å². The number of pyridine rings is 2. The zero-order valence-electron chi connectivity index (χ0n) is 16.8. The Kier molecular flexibility index (Phi) is 6.02. The molecule has 7 heteroatoms. The van der Waals surface area contributed by atoms with Crippen molar-refractivity contribution in [1.82, 2.24) is 14.9 Å². The number of carbonyl (C=O) groups excluding carboxylic acids is 1. The summed E-state index contributed by atoms with van der Waals surface area (Å²) in [7, 11) is 0. The highest BCUT2D eigenvalue weighted by atomic mass is 19.4. The van der Waals surface area contributed by atoms with Gasteiger partial charge >= 0.3 is 6.18 Å². The van der Waals surface area contributed by atoms with E-state index in [2.05, 4.69) is 4.98 Å². The lowest BCUT2D eigenvalue weighted by Gasteiger charge is -2.25. The average molecular weight is 425 g/mol. The standard InChI is InChI=1S/C24H22F3N3O/c25-24(26,27)19-8-6-17(7-9-19)15-20-3-1-4-21(29-20)22-5-2-14-30(22)23(31)16-18-10-12-28-13-11-18/h1,3-4,6-13,22H,2,5,14-16H2. The number of benzene rings is 1. The summed E-state index contributed by atoms with van der Waals surface area (Å²) in [4.78, 5) is 23.5. The molecule has 1 atom stereocenters. The first-order valence-electron chi connectivity index (χ1n) is 10.2. The first-order chi connectivity index (χ1) is 14.9. The van der Waals surface area contributed by atoms with Gasteiger partial charge in [0.15, 0.2) is 0 Å². The zero-order chi connectivity index (χ0) is 21.8. The van der Waals surface area contributed by atoms with Crippen LogP contribution in [0.2, 0.25) is 0 Å². The van der Waals surface area contributed by atoms with Crippen LogP contribution in [-0.2, 0) is 23.8 Å². The second-order valence-electron chi connectivity index (χ2n) is 7.70. The van der Waals surface area contributed by atoms with Gasteiger partial charge in [-0.1, -0.05) is 18.2 Å². The van der Waals surface area contributed by atoms with E-state index in [1.165, 1.54) is 12.1 Å². The van der Waals surface area contributed by atoms with E-state index in [4.69, 9.17) is 4.98 Å². The van der Waals surface area contributed by atoms with Crippen LogP contribution in [0.4, 0.5) is 13.2 Å². The molecule has 1 aliphatic rings. The molecular weight excluding hydrogens is 403 g/mol. The molecule has 2 aromatic heterocycles. The second kappa shape index (κ2) is 8.88. The summed E-state index contributed by atoms with van der Waals surface area (Å²) < 4.78 is 38.3. The van der Waals surface area contributed by atoms with Crippen molar-refractivity contribution in [2.45, 2.75) is 37.9 Å². The largest absolute Gasteiger partial charge is 0.416 e. The Morgan fingerprint density at radius 1 is 1.00 bits per heavy atom. The van der Waals surface area contributed by atoms with Crippen LogP contribution in [0, 0.1) is 0 Å². The monoisotopic (exact) mass is 425 g/mol. The van der Waals surface area contributed by atoms with E-state index < -0.39 is 11.7 Å². The zero-order valence-corrected chi connectivity index (χ0v) is 16.8. The highest BCUT2D eigenvalue weighted by Gasteiger charge is 2.31. The van der Waals surface area contributed by atoms with Crippen LogP contribution in [0.15, 0.2) is 67.0 Å². The molecule has 0 N–H and O–H groups in total. The van der Waals surface area contributed by atoms with Crippen LogP contribution in [0.1, 0.15) is 47.0 Å². The fourth-order valence-corrected chi connectivity index (χ4v) is 3.95. The van der Waals surface area contributed by atoms with Gasteiger partial charge in [0.25, 0.3) is 0 Å². The average Bonchev–Trinajstić information content (AvgIpc) is 3.25. The van der Waals surface area contributed by atoms with Crippen molar-refractivity contribution in [2.24, 2.45) is 0 Å². The Labute approximate surface area is 178 Å². The molecule has 160 valence electrons. The van der Waals surface area contributed by atoms with E-state index in [1.54, 1.807) is 12.4 Å². The fraction of sp³-hybridized carbons (Fsp3) is 0.292. The summed E-state index contributed by atoms with van der Waals surface area (Å²) in [6, 6.07) is 14.4. The third-order valence-corrected chi connectivity index (χ3v) is 5.51. The molecular formula is C24H22F3N3O. The Morgan fingerprint density at radius 3 is 2.45 bits per heavy atom. The minimum atomic E-state index is -4.34. The number of carbonyl (C=O) groups is 1. The van der Waals surface area contributed by atoms with E-state index in [-0.39, 0.29) is 11.9 Å². The van der Waals surface area contributed by atoms with Crippen molar-refractivity contribution in [1.29, 1.82) is 0 Å². The minimum absolute atomic E-state index is 0.0589. The third kappa shape index (κ3) is 5.10. The molecule has 1 amide bonds. The van der Waals surface area contributed by atoms with E-state index in [9.17, 15) is 18.0 Å². The molecule has 3 aromatic rings. The number of likely N-dealkylation sites (tertiary alicyclic amines) is 1. The minimum Gasteiger partial charge on any atom is -0.334 e. The topological polar surface area (TPSA) is 46.1 Å². The molecule has 0 saturated carbocycles. The maximum absolute atomic E-state index is 12.9. The summed E-state index contributed by atoms with van der Waals surface area (Å²) in [6.45, 7) is 0.694. The predicted molar refractivity (Wildman–Crippen MR) is 110 cm³/mol. The van der Waals surface area contributed by atoms with Gasteiger partial charge in [0.2, 0.25) is 5.91 Å². The van der Waals surface area contributed by atoms with Crippen LogP contribution in [-0.4, -0.2) is 27.3 Å². The smallest absolute Gasteiger partial charge is 0.334 e. The molecule has 1 fully saturated rings. The molecule has 3 heterocycles. The summed E-state index contributed by atoms with van der Waals surface area (Å²) in [5, 5.41) is 0. The molecule has 1 unspecified atom stereocenters. The first kappa shape index (κ1) is 21.0. The number of alkyl halides is 3. The maximum Gasteiger partial charge on any atom is 0.416 e. The summed E-state index contributed by atoms with van der Waals surface area (Å²) >= 11 is 0. The number of nitrogens with zero attached hydrogens (tertiary/aromatic N) is 3. The summed E-state index contributed by atoms with van der Waals surface area (Å²) in [5.41, 5.74) is 2.62. The van der Waals surface area contributed by atoms with Gasteiger partial charge in [-0.05, 0) is 60.4 Å². The summed E-state index contributed by atoms with van der Waals surface area (Å²) in [5.74, 6) is 0.0589. The third-order valence-electron chi connectivity index (χ3n) is 5.51. The lowest BCUT2D eigenvalue weighted by Crippen LogP contribution is -2.32. The summed E-state index contributed by atoms with van der Waals surface area (Å²) in [6.07, 6.45) is 1.53. The van der Waals surface area contributed by atoms with Crippen LogP contribution in [0.3, 0.4) is 0 Å². The molecule has 1 aromatic carbocycles. The number of aromatic nitrogens is 2. The van der Waals surface area contributed by atoms with E-state index >= 15 is 0 Å². The van der Waals surface area contributed by atoms with Gasteiger partial charge in [0.1, 0.15) is 0 Å². The van der Waals surface area contributed by atoms with Crippen LogP contribution >= 0.6 is 0 Å². The van der Waals surface area contributed by atoms with Crippen molar-refractivity contribution >= 4 is 5.91 Å². The van der Waals surface area contributed by atoms with Gasteiger partial charge in [-0.15, -0.1) is 0 Å². The van der Waals surface area contributed by atoms with Crippen molar-refractivity contribution in [3.8, 4) is 0 Å². The molecule has 1 aliphatic heterocycles. The fourth-order valence-electron chi connectivity index (χ4n) is 3.95. The molecule has 0 radical (unpaired) electrons. The molecule has 0 bridgehead atoms. The van der Waals surface area contributed by atoms with Gasteiger partial charge in [-0.25, -0.2) is 0 Å². The molecule has 31 heavy (non-hydrogen) atoms. The Morgan fingerprint density at radius 2 is 1.74 bits per heavy atom. The van der Waals surface area contributed by atoms with Gasteiger partial charge in [-0.3, -0.25) is 14.8 Å². The second-order valence-corrected chi connectivity index (χ2v) is 7.70. The number of hydrogen-bond donors (Lipinski definition) is 0. The number of halogens is 3. The van der Waals surface area contributed by atoms with Gasteiger partial charge < -0.3 is 4.90 Å². The Balaban J connectivity index is 1.47. The predicted octanol–water partition coefficient (Wildman–Crippen LogP) is 4.99. The highest BCUT2D eigenvalue weighted by molar-refractivity contribution is 5.79. The SMILES string of the molecule is O=C(Cc1ccncc1)N1CCCC1c1cccc(Cc2ccc(C(F)(F)F)cc2)n1. The Hall–Kier alpha value is -3.22. The van der Waals surface area contributed by atoms with Gasteiger partial charge in [0, 0.05) is 31.1 Å². The van der Waals surface area contributed by atoms with Gasteiger partial charge in [0.05, 0.1) is 23.7 Å². The van der Waals surface area contributed by atoms with Gasteiger partial charge in [-0.2, -0.15) is 13.2 Å². The quantitative estimate of drug-likeness (QED) is 0.578. The number of hydrogen-bond acceptors (Lipinski definition) is 3. The lowest BCUT2D eigenvalue weighted by atomic mass is 10.0. The molecule has 1 saturated heterocycles. The van der Waals surface area contributed by atoms with Crippen molar-refractivity contribution in [3.63, 3.8) is 0 Å². The molecule has 0 spiro atoms. The molecule has 4 nitrogen and oxygen atoms in total. The highest BCUT2D eigenvalue weighted by Crippen LogP contribution is 2.32. The lowest BCUT2D eigenvalue weighted by molar-refractivity contribution is -0.137. The van der Waals surface area contributed by atoms with Crippen molar-refractivity contribution in [3.05, 3.63) is 95.1 Å². The first-order valence-corrected chi connectivity index (χ1v) is 10.2. The normalized spacial score (nSPS) is 16.5. The van der Waals surface area contributed by atoms with E-state index in [1.807, 2.05) is 35.2 Å². The van der Waals surface area contributed by atoms with Crippen LogP contribution in [0.5, 0.6) is 0 Å². The van der Waals surface area contributed by atoms with Crippen molar-refractivity contribution in [2.75, 3.05) is 6.54 Å². The van der Waals surface area contributed by atoms with Crippen molar-refractivity contribution < 1.29 is 18.0 Å². The van der Waals surface area contributed by atoms with Crippen LogP contribution in [0.25, 0.3) is 0 Å². The molecule has 0 aliphatic carbocycles. The van der Waals surface area contributed by atoms with Crippen LogP contribution < -0.4 is 0 Å². The van der Waals surface area contributed by atoms with E-state index in [0.29, 0.717) is 19.4 Å². The molecule has 4 rings (SSSR count). The maximum atomic E-state index is 12.9. The number of amides is 1.